The second kappa shape index (κ2) is 9.21. The molecule has 26 heavy (non-hydrogen) atoms. The van der Waals surface area contributed by atoms with Crippen LogP contribution < -0.4 is 4.18 Å². The van der Waals surface area contributed by atoms with Gasteiger partial charge < -0.3 is 4.18 Å². The minimum atomic E-state index is -1.60. The number of hydrogen-bond donors (Lipinski definition) is 0. The lowest BCUT2D eigenvalue weighted by atomic mass is 10.2. The molecule has 1 aromatic heterocycles. The Hall–Kier alpha value is -1.83. The van der Waals surface area contributed by atoms with Crippen molar-refractivity contribution in [2.75, 3.05) is 0 Å². The quantitative estimate of drug-likeness (QED) is 0.236. The largest absolute Gasteiger partial charge is 0.392 e. The standard InChI is InChI=1S/C19H18N2O2S3/c1-14-3-7-16(8-4-14)13-24-18-11-12-20-19(21-18)25-26(22)23-17-9-5-15(2)6-10-17/h3-12H,13H2,1-2H3. The van der Waals surface area contributed by atoms with Gasteiger partial charge in [-0.2, -0.15) is 0 Å². The second-order valence-corrected chi connectivity index (χ2v) is 9.05. The number of nitrogens with zero attached hydrogens (tertiary/aromatic N) is 2. The summed E-state index contributed by atoms with van der Waals surface area (Å²) >= 11 is 1.62. The van der Waals surface area contributed by atoms with E-state index in [2.05, 4.69) is 41.2 Å². The summed E-state index contributed by atoms with van der Waals surface area (Å²) in [6.45, 7) is 4.06. The van der Waals surface area contributed by atoms with Gasteiger partial charge in [0.05, 0.1) is 10.8 Å². The van der Waals surface area contributed by atoms with Crippen molar-refractivity contribution in [2.45, 2.75) is 29.8 Å². The van der Waals surface area contributed by atoms with Crippen molar-refractivity contribution in [2.24, 2.45) is 0 Å². The van der Waals surface area contributed by atoms with Crippen LogP contribution in [0.4, 0.5) is 0 Å². The molecule has 0 aliphatic heterocycles. The molecule has 4 nitrogen and oxygen atoms in total. The first kappa shape index (κ1) is 18.9. The molecule has 0 bridgehead atoms. The molecular formula is C19H18N2O2S3. The predicted octanol–water partition coefficient (Wildman–Crippen LogP) is 5.14. The molecule has 0 saturated carbocycles. The zero-order valence-corrected chi connectivity index (χ0v) is 16.9. The van der Waals surface area contributed by atoms with E-state index in [0.717, 1.165) is 27.1 Å². The van der Waals surface area contributed by atoms with Gasteiger partial charge in [0.2, 0.25) is 5.16 Å². The Morgan fingerprint density at radius 1 is 0.962 bits per heavy atom. The number of aryl methyl sites for hydroxylation is 2. The Morgan fingerprint density at radius 2 is 1.62 bits per heavy atom. The molecule has 3 aromatic rings. The van der Waals surface area contributed by atoms with Gasteiger partial charge in [-0.3, -0.25) is 0 Å². The van der Waals surface area contributed by atoms with E-state index >= 15 is 0 Å². The summed E-state index contributed by atoms with van der Waals surface area (Å²) in [7, 11) is -0.602. The van der Waals surface area contributed by atoms with E-state index < -0.39 is 10.1 Å². The first-order chi connectivity index (χ1) is 12.6. The van der Waals surface area contributed by atoms with Crippen LogP contribution in [0.3, 0.4) is 0 Å². The predicted molar refractivity (Wildman–Crippen MR) is 109 cm³/mol. The van der Waals surface area contributed by atoms with E-state index in [1.165, 1.54) is 11.1 Å². The van der Waals surface area contributed by atoms with Gasteiger partial charge in [0.1, 0.15) is 10.8 Å². The number of benzene rings is 2. The van der Waals surface area contributed by atoms with Crippen LogP contribution in [-0.2, 0) is 15.9 Å². The molecule has 0 saturated heterocycles. The van der Waals surface area contributed by atoms with E-state index in [0.29, 0.717) is 10.9 Å². The maximum atomic E-state index is 12.2. The fourth-order valence-electron chi connectivity index (χ4n) is 2.04. The van der Waals surface area contributed by atoms with Crippen molar-refractivity contribution in [3.63, 3.8) is 0 Å². The van der Waals surface area contributed by atoms with E-state index in [-0.39, 0.29) is 0 Å². The molecule has 0 N–H and O–H groups in total. The van der Waals surface area contributed by atoms with E-state index in [1.54, 1.807) is 30.1 Å². The third kappa shape index (κ3) is 5.86. The molecule has 2 aromatic carbocycles. The average Bonchev–Trinajstić information content (AvgIpc) is 2.63. The first-order valence-electron chi connectivity index (χ1n) is 7.95. The van der Waals surface area contributed by atoms with Crippen molar-refractivity contribution in [1.82, 2.24) is 9.97 Å². The highest BCUT2D eigenvalue weighted by Crippen LogP contribution is 2.25. The summed E-state index contributed by atoms with van der Waals surface area (Å²) in [6.07, 6.45) is 1.68. The minimum Gasteiger partial charge on any atom is -0.392 e. The Morgan fingerprint density at radius 3 is 2.31 bits per heavy atom. The lowest BCUT2D eigenvalue weighted by molar-refractivity contribution is 0.577. The van der Waals surface area contributed by atoms with Crippen LogP contribution in [0.1, 0.15) is 16.7 Å². The van der Waals surface area contributed by atoms with Gasteiger partial charge in [-0.1, -0.05) is 47.5 Å². The van der Waals surface area contributed by atoms with Crippen LogP contribution in [0.25, 0.3) is 0 Å². The molecule has 0 aliphatic carbocycles. The van der Waals surface area contributed by atoms with Crippen LogP contribution in [0, 0.1) is 13.8 Å². The zero-order valence-electron chi connectivity index (χ0n) is 14.4. The third-order valence-corrected chi connectivity index (χ3v) is 6.31. The van der Waals surface area contributed by atoms with E-state index in [4.69, 9.17) is 4.18 Å². The van der Waals surface area contributed by atoms with Crippen molar-refractivity contribution >= 4 is 32.7 Å². The summed E-state index contributed by atoms with van der Waals surface area (Å²) in [5, 5.41) is 1.28. The Kier molecular flexibility index (Phi) is 6.71. The van der Waals surface area contributed by atoms with Gasteiger partial charge in [-0.05, 0) is 37.6 Å². The Balaban J connectivity index is 1.57. The molecule has 3 rings (SSSR count). The van der Waals surface area contributed by atoms with E-state index in [9.17, 15) is 4.21 Å². The third-order valence-electron chi connectivity index (χ3n) is 3.44. The summed E-state index contributed by atoms with van der Waals surface area (Å²) < 4.78 is 17.6. The van der Waals surface area contributed by atoms with Gasteiger partial charge in [-0.15, -0.1) is 11.8 Å². The molecular weight excluding hydrogens is 384 g/mol. The maximum Gasteiger partial charge on any atom is 0.279 e. The van der Waals surface area contributed by atoms with Crippen molar-refractivity contribution < 1.29 is 8.39 Å². The maximum absolute atomic E-state index is 12.2. The van der Waals surface area contributed by atoms with Crippen molar-refractivity contribution in [3.05, 3.63) is 77.5 Å². The molecule has 1 atom stereocenters. The van der Waals surface area contributed by atoms with Crippen LogP contribution in [0.5, 0.6) is 5.75 Å². The topological polar surface area (TPSA) is 52.1 Å². The lowest BCUT2D eigenvalue weighted by Crippen LogP contribution is -1.98. The fourth-order valence-corrected chi connectivity index (χ4v) is 4.52. The van der Waals surface area contributed by atoms with Crippen LogP contribution >= 0.6 is 22.6 Å². The van der Waals surface area contributed by atoms with Crippen molar-refractivity contribution in [3.8, 4) is 5.75 Å². The SMILES string of the molecule is Cc1ccc(CSc2ccnc(SS(=O)Oc3ccc(C)cc3)n2)cc1. The summed E-state index contributed by atoms with van der Waals surface area (Å²) in [5.74, 6) is 1.39. The summed E-state index contributed by atoms with van der Waals surface area (Å²) in [6, 6.07) is 17.7. The number of rotatable bonds is 7. The van der Waals surface area contributed by atoms with Crippen molar-refractivity contribution in [1.29, 1.82) is 0 Å². The molecule has 0 radical (unpaired) electrons. The summed E-state index contributed by atoms with van der Waals surface area (Å²) in [4.78, 5) is 8.61. The highest BCUT2D eigenvalue weighted by atomic mass is 33.1. The molecule has 7 heteroatoms. The highest BCUT2D eigenvalue weighted by molar-refractivity contribution is 8.67. The van der Waals surface area contributed by atoms with E-state index in [1.807, 2.05) is 25.1 Å². The van der Waals surface area contributed by atoms with Crippen LogP contribution in [0.2, 0.25) is 0 Å². The molecule has 0 aliphatic rings. The fraction of sp³-hybridized carbons (Fsp3) is 0.158. The normalized spacial score (nSPS) is 11.9. The molecule has 1 heterocycles. The smallest absolute Gasteiger partial charge is 0.279 e. The Bertz CT molecular complexity index is 884. The lowest BCUT2D eigenvalue weighted by Gasteiger charge is -2.05. The van der Waals surface area contributed by atoms with Gasteiger partial charge >= 0.3 is 0 Å². The molecule has 134 valence electrons. The molecule has 1 unspecified atom stereocenters. The minimum absolute atomic E-state index is 0.435. The molecule has 0 amide bonds. The van der Waals surface area contributed by atoms with Gasteiger partial charge in [0.15, 0.2) is 0 Å². The Labute approximate surface area is 163 Å². The number of thioether (sulfide) groups is 1. The monoisotopic (exact) mass is 402 g/mol. The zero-order chi connectivity index (χ0) is 18.4. The van der Waals surface area contributed by atoms with Crippen LogP contribution in [-0.4, -0.2) is 14.2 Å². The van der Waals surface area contributed by atoms with Gasteiger partial charge in [0, 0.05) is 11.9 Å². The van der Waals surface area contributed by atoms with Gasteiger partial charge in [-0.25, -0.2) is 14.2 Å². The average molecular weight is 403 g/mol. The number of hydrogen-bond acceptors (Lipinski definition) is 6. The summed E-state index contributed by atoms with van der Waals surface area (Å²) in [5.41, 5.74) is 3.60. The molecule has 0 spiro atoms. The highest BCUT2D eigenvalue weighted by Gasteiger charge is 2.10. The second-order valence-electron chi connectivity index (χ2n) is 5.64. The molecule has 0 fully saturated rings. The number of aromatic nitrogens is 2. The first-order valence-corrected chi connectivity index (χ1v) is 11.3. The van der Waals surface area contributed by atoms with Crippen LogP contribution in [0.15, 0.2) is 71.0 Å². The van der Waals surface area contributed by atoms with Gasteiger partial charge in [0.25, 0.3) is 10.1 Å².